The van der Waals surface area contributed by atoms with E-state index in [4.69, 9.17) is 10.5 Å². The summed E-state index contributed by atoms with van der Waals surface area (Å²) in [6, 6.07) is 0. The second-order valence-electron chi connectivity index (χ2n) is 4.59. The summed E-state index contributed by atoms with van der Waals surface area (Å²) in [5, 5.41) is 2.87. The number of ether oxygens (including phenoxy) is 1. The Balaban J connectivity index is 2.27. The highest BCUT2D eigenvalue weighted by atomic mass is 16.5. The average Bonchev–Trinajstić information content (AvgIpc) is 2.67. The number of nitrogens with two attached hydrogens (primary N) is 1. The summed E-state index contributed by atoms with van der Waals surface area (Å²) in [6.45, 7) is 5.95. The van der Waals surface area contributed by atoms with E-state index in [0.717, 1.165) is 12.8 Å². The molecule has 0 radical (unpaired) electrons. The van der Waals surface area contributed by atoms with Gasteiger partial charge in [-0.2, -0.15) is 0 Å². The first-order chi connectivity index (χ1) is 6.55. The van der Waals surface area contributed by atoms with Crippen LogP contribution in [0.4, 0.5) is 0 Å². The van der Waals surface area contributed by atoms with Crippen molar-refractivity contribution in [1.29, 1.82) is 0 Å². The molecule has 82 valence electrons. The van der Waals surface area contributed by atoms with Gasteiger partial charge in [-0.15, -0.1) is 0 Å². The average molecular weight is 200 g/mol. The lowest BCUT2D eigenvalue weighted by atomic mass is 9.94. The highest BCUT2D eigenvalue weighted by Crippen LogP contribution is 2.14. The van der Waals surface area contributed by atoms with Crippen LogP contribution in [0.5, 0.6) is 0 Å². The van der Waals surface area contributed by atoms with Gasteiger partial charge in [-0.25, -0.2) is 0 Å². The van der Waals surface area contributed by atoms with Crippen LogP contribution in [0.15, 0.2) is 0 Å². The van der Waals surface area contributed by atoms with Crippen LogP contribution in [0.3, 0.4) is 0 Å². The Kier molecular flexibility index (Phi) is 3.89. The van der Waals surface area contributed by atoms with Crippen molar-refractivity contribution in [3.8, 4) is 0 Å². The van der Waals surface area contributed by atoms with Gasteiger partial charge in [0.2, 0.25) is 5.91 Å². The topological polar surface area (TPSA) is 64.3 Å². The van der Waals surface area contributed by atoms with Gasteiger partial charge >= 0.3 is 0 Å². The minimum Gasteiger partial charge on any atom is -0.368 e. The van der Waals surface area contributed by atoms with Crippen LogP contribution in [0, 0.1) is 5.41 Å². The molecule has 1 aliphatic heterocycles. The molecule has 1 aliphatic rings. The van der Waals surface area contributed by atoms with Crippen LogP contribution in [-0.4, -0.2) is 31.7 Å². The Hall–Kier alpha value is -0.610. The van der Waals surface area contributed by atoms with Crippen molar-refractivity contribution in [2.75, 3.05) is 19.7 Å². The smallest absolute Gasteiger partial charge is 0.249 e. The summed E-state index contributed by atoms with van der Waals surface area (Å²) in [5.74, 6) is 0.00373. The van der Waals surface area contributed by atoms with Crippen LogP contribution >= 0.6 is 0 Å². The number of amides is 1. The lowest BCUT2D eigenvalue weighted by Gasteiger charge is -2.23. The van der Waals surface area contributed by atoms with E-state index >= 15 is 0 Å². The zero-order valence-corrected chi connectivity index (χ0v) is 9.01. The molecule has 1 rings (SSSR count). The Morgan fingerprint density at radius 2 is 2.36 bits per heavy atom. The first-order valence-electron chi connectivity index (χ1n) is 5.14. The Morgan fingerprint density at radius 1 is 1.64 bits per heavy atom. The third-order valence-corrected chi connectivity index (χ3v) is 2.52. The molecule has 0 aromatic carbocycles. The number of rotatable bonds is 4. The third-order valence-electron chi connectivity index (χ3n) is 2.52. The van der Waals surface area contributed by atoms with Gasteiger partial charge in [0.05, 0.1) is 0 Å². The van der Waals surface area contributed by atoms with E-state index < -0.39 is 0 Å². The number of hydrogen-bond acceptors (Lipinski definition) is 3. The van der Waals surface area contributed by atoms with Crippen molar-refractivity contribution in [3.63, 3.8) is 0 Å². The van der Waals surface area contributed by atoms with E-state index in [-0.39, 0.29) is 17.4 Å². The molecule has 0 aromatic rings. The molecule has 1 amide bonds. The number of carbonyl (C=O) groups is 1. The highest BCUT2D eigenvalue weighted by Gasteiger charge is 2.25. The Morgan fingerprint density at radius 3 is 2.86 bits per heavy atom. The maximum atomic E-state index is 11.5. The maximum Gasteiger partial charge on any atom is 0.249 e. The highest BCUT2D eigenvalue weighted by molar-refractivity contribution is 5.80. The van der Waals surface area contributed by atoms with Crippen molar-refractivity contribution < 1.29 is 9.53 Å². The molecule has 0 spiro atoms. The summed E-state index contributed by atoms with van der Waals surface area (Å²) in [7, 11) is 0. The Bertz CT molecular complexity index is 198. The summed E-state index contributed by atoms with van der Waals surface area (Å²) >= 11 is 0. The van der Waals surface area contributed by atoms with E-state index in [1.807, 2.05) is 13.8 Å². The van der Waals surface area contributed by atoms with E-state index in [0.29, 0.717) is 19.7 Å². The molecule has 14 heavy (non-hydrogen) atoms. The molecule has 0 bridgehead atoms. The van der Waals surface area contributed by atoms with Crippen LogP contribution in [-0.2, 0) is 9.53 Å². The maximum absolute atomic E-state index is 11.5. The van der Waals surface area contributed by atoms with Crippen molar-refractivity contribution in [2.45, 2.75) is 32.8 Å². The normalized spacial score (nSPS) is 22.4. The summed E-state index contributed by atoms with van der Waals surface area (Å²) in [4.78, 5) is 11.5. The van der Waals surface area contributed by atoms with Gasteiger partial charge in [0, 0.05) is 13.2 Å². The molecule has 1 saturated heterocycles. The summed E-state index contributed by atoms with van der Waals surface area (Å²) in [6.07, 6.45) is 1.59. The third kappa shape index (κ3) is 3.27. The van der Waals surface area contributed by atoms with Crippen LogP contribution in [0.25, 0.3) is 0 Å². The molecule has 0 saturated carbocycles. The fourth-order valence-corrected chi connectivity index (χ4v) is 1.30. The van der Waals surface area contributed by atoms with Crippen molar-refractivity contribution in [2.24, 2.45) is 11.1 Å². The van der Waals surface area contributed by atoms with E-state index in [1.54, 1.807) is 0 Å². The molecule has 0 aromatic heterocycles. The second kappa shape index (κ2) is 4.75. The van der Waals surface area contributed by atoms with E-state index in [2.05, 4.69) is 5.32 Å². The number of hydrogen-bond donors (Lipinski definition) is 2. The quantitative estimate of drug-likeness (QED) is 0.684. The molecule has 1 heterocycles. The van der Waals surface area contributed by atoms with E-state index in [9.17, 15) is 4.79 Å². The molecule has 1 fully saturated rings. The van der Waals surface area contributed by atoms with E-state index in [1.165, 1.54) is 0 Å². The first-order valence-corrected chi connectivity index (χ1v) is 5.14. The van der Waals surface area contributed by atoms with Crippen molar-refractivity contribution in [3.05, 3.63) is 0 Å². The van der Waals surface area contributed by atoms with Gasteiger partial charge in [-0.1, -0.05) is 13.8 Å². The molecule has 1 atom stereocenters. The second-order valence-corrected chi connectivity index (χ2v) is 4.59. The molecule has 1 unspecified atom stereocenters. The Labute approximate surface area is 85.2 Å². The van der Waals surface area contributed by atoms with Gasteiger partial charge in [-0.05, 0) is 24.8 Å². The standard InChI is InChI=1S/C10H20N2O2/c1-10(2,6-11)7-12-9(13)8-4-3-5-14-8/h8H,3-7,11H2,1-2H3,(H,12,13). The zero-order valence-electron chi connectivity index (χ0n) is 9.01. The predicted molar refractivity (Wildman–Crippen MR) is 54.8 cm³/mol. The predicted octanol–water partition coefficient (Wildman–Crippen LogP) is 0.267. The minimum absolute atomic E-state index is 0.00373. The fraction of sp³-hybridized carbons (Fsp3) is 0.900. The summed E-state index contributed by atoms with van der Waals surface area (Å²) in [5.41, 5.74) is 5.53. The van der Waals surface area contributed by atoms with Crippen LogP contribution < -0.4 is 11.1 Å². The molecule has 4 nitrogen and oxygen atoms in total. The summed E-state index contributed by atoms with van der Waals surface area (Å²) < 4.78 is 5.27. The largest absolute Gasteiger partial charge is 0.368 e. The molecule has 4 heteroatoms. The van der Waals surface area contributed by atoms with Gasteiger partial charge < -0.3 is 15.8 Å². The monoisotopic (exact) mass is 200 g/mol. The van der Waals surface area contributed by atoms with Crippen LogP contribution in [0.2, 0.25) is 0 Å². The molecule has 0 aliphatic carbocycles. The van der Waals surface area contributed by atoms with Crippen molar-refractivity contribution >= 4 is 5.91 Å². The van der Waals surface area contributed by atoms with Gasteiger partial charge in [0.1, 0.15) is 6.10 Å². The van der Waals surface area contributed by atoms with Gasteiger partial charge in [0.15, 0.2) is 0 Å². The first kappa shape index (κ1) is 11.5. The lowest BCUT2D eigenvalue weighted by Crippen LogP contribution is -2.42. The number of carbonyl (C=O) groups excluding carboxylic acids is 1. The molecular weight excluding hydrogens is 180 g/mol. The molecular formula is C10H20N2O2. The van der Waals surface area contributed by atoms with Crippen LogP contribution in [0.1, 0.15) is 26.7 Å². The van der Waals surface area contributed by atoms with Gasteiger partial charge in [-0.3, -0.25) is 4.79 Å². The SMILES string of the molecule is CC(C)(CN)CNC(=O)C1CCCO1. The lowest BCUT2D eigenvalue weighted by molar-refractivity contribution is -0.130. The fourth-order valence-electron chi connectivity index (χ4n) is 1.30. The minimum atomic E-state index is -0.233. The molecule has 3 N–H and O–H groups in total. The van der Waals surface area contributed by atoms with Crippen molar-refractivity contribution in [1.82, 2.24) is 5.32 Å². The zero-order chi connectivity index (χ0) is 10.6. The van der Waals surface area contributed by atoms with Gasteiger partial charge in [0.25, 0.3) is 0 Å². The number of nitrogens with one attached hydrogen (secondary N) is 1.